The molecule has 0 spiro atoms. The van der Waals surface area contributed by atoms with Gasteiger partial charge in [-0.25, -0.2) is 9.55 Å². The molecule has 0 unspecified atom stereocenters. The van der Waals surface area contributed by atoms with Crippen molar-refractivity contribution < 1.29 is 4.57 Å². The molecule has 0 aromatic carbocycles. The molecule has 2 aromatic heterocycles. The number of aryl methyl sites for hydroxylation is 1. The molecule has 0 saturated heterocycles. The van der Waals surface area contributed by atoms with Crippen LogP contribution in [0.3, 0.4) is 0 Å². The molecule has 2 rings (SSSR count). The van der Waals surface area contributed by atoms with E-state index in [0.717, 1.165) is 16.3 Å². The van der Waals surface area contributed by atoms with Crippen LogP contribution >= 0.6 is 11.8 Å². The Labute approximate surface area is 105 Å². The lowest BCUT2D eigenvalue weighted by Crippen LogP contribution is -2.26. The molecule has 0 aliphatic rings. The van der Waals surface area contributed by atoms with Gasteiger partial charge in [0.15, 0.2) is 12.4 Å². The lowest BCUT2D eigenvalue weighted by Gasteiger charge is -2.03. The highest BCUT2D eigenvalue weighted by Gasteiger charge is 2.08. The van der Waals surface area contributed by atoms with Crippen LogP contribution in [0.4, 0.5) is 0 Å². The molecule has 0 N–H and O–H groups in total. The lowest BCUT2D eigenvalue weighted by atomic mass is 10.1. The van der Waals surface area contributed by atoms with Gasteiger partial charge < -0.3 is 0 Å². The van der Waals surface area contributed by atoms with E-state index in [0.29, 0.717) is 5.56 Å². The number of aromatic nitrogens is 2. The minimum atomic E-state index is 0.626. The third-order valence-electron chi connectivity index (χ3n) is 2.41. The van der Waals surface area contributed by atoms with Crippen molar-refractivity contribution in [3.63, 3.8) is 0 Å². The van der Waals surface area contributed by atoms with Crippen molar-refractivity contribution in [3.8, 4) is 17.3 Å². The second kappa shape index (κ2) is 4.98. The number of thioether (sulfide) groups is 1. The fourth-order valence-electron chi connectivity index (χ4n) is 1.58. The van der Waals surface area contributed by atoms with E-state index >= 15 is 0 Å². The third kappa shape index (κ3) is 2.45. The third-order valence-corrected chi connectivity index (χ3v) is 3.11. The quantitative estimate of drug-likeness (QED) is 0.598. The van der Waals surface area contributed by atoms with Crippen LogP contribution in [-0.2, 0) is 7.05 Å². The number of pyridine rings is 2. The molecule has 0 aliphatic heterocycles. The molecule has 0 fully saturated rings. The Kier molecular flexibility index (Phi) is 3.40. The molecule has 0 aliphatic carbocycles. The Morgan fingerprint density at radius 1 is 1.35 bits per heavy atom. The predicted molar refractivity (Wildman–Crippen MR) is 67.3 cm³/mol. The van der Waals surface area contributed by atoms with E-state index in [2.05, 4.69) is 11.1 Å². The van der Waals surface area contributed by atoms with Crippen molar-refractivity contribution in [2.45, 2.75) is 5.03 Å². The highest BCUT2D eigenvalue weighted by molar-refractivity contribution is 7.98. The summed E-state index contributed by atoms with van der Waals surface area (Å²) in [5.74, 6) is 0. The second-order valence-electron chi connectivity index (χ2n) is 3.62. The minimum absolute atomic E-state index is 0.626. The highest BCUT2D eigenvalue weighted by atomic mass is 32.2. The summed E-state index contributed by atoms with van der Waals surface area (Å²) in [6.45, 7) is 0. The first-order valence-electron chi connectivity index (χ1n) is 5.15. The molecule has 0 atom stereocenters. The summed E-state index contributed by atoms with van der Waals surface area (Å²) in [5, 5.41) is 9.72. The van der Waals surface area contributed by atoms with Gasteiger partial charge in [-0.15, -0.1) is 11.8 Å². The first-order valence-corrected chi connectivity index (χ1v) is 6.38. The van der Waals surface area contributed by atoms with Crippen LogP contribution in [0.25, 0.3) is 11.3 Å². The summed E-state index contributed by atoms with van der Waals surface area (Å²) in [5.41, 5.74) is 2.57. The van der Waals surface area contributed by atoms with Crippen molar-refractivity contribution in [1.82, 2.24) is 4.98 Å². The molecular formula is C13H12N3S+. The van der Waals surface area contributed by atoms with Gasteiger partial charge in [-0.05, 0) is 24.5 Å². The van der Waals surface area contributed by atoms with Gasteiger partial charge in [0.25, 0.3) is 0 Å². The Morgan fingerprint density at radius 2 is 2.18 bits per heavy atom. The first-order chi connectivity index (χ1) is 8.24. The monoisotopic (exact) mass is 242 g/mol. The van der Waals surface area contributed by atoms with E-state index in [9.17, 15) is 0 Å². The van der Waals surface area contributed by atoms with Crippen LogP contribution in [0.5, 0.6) is 0 Å². The lowest BCUT2D eigenvalue weighted by molar-refractivity contribution is -0.671. The van der Waals surface area contributed by atoms with Gasteiger partial charge in [0, 0.05) is 6.07 Å². The molecule has 4 heteroatoms. The summed E-state index contributed by atoms with van der Waals surface area (Å²) in [6, 6.07) is 9.84. The molecule has 0 bridgehead atoms. The fraction of sp³-hybridized carbons (Fsp3) is 0.154. The van der Waals surface area contributed by atoms with E-state index < -0.39 is 0 Å². The Morgan fingerprint density at radius 3 is 2.82 bits per heavy atom. The predicted octanol–water partition coefficient (Wildman–Crippen LogP) is 2.17. The van der Waals surface area contributed by atoms with Gasteiger partial charge in [-0.2, -0.15) is 5.26 Å². The SMILES string of the molecule is CSc1nc(-c2ccc[n+](C)c2)ccc1C#N. The average Bonchev–Trinajstić information content (AvgIpc) is 2.38. The second-order valence-corrected chi connectivity index (χ2v) is 4.42. The van der Waals surface area contributed by atoms with Gasteiger partial charge in [-0.3, -0.25) is 0 Å². The van der Waals surface area contributed by atoms with Crippen LogP contribution in [-0.4, -0.2) is 11.2 Å². The number of hydrogen-bond acceptors (Lipinski definition) is 3. The highest BCUT2D eigenvalue weighted by Crippen LogP contribution is 2.22. The number of nitrogens with zero attached hydrogens (tertiary/aromatic N) is 3. The Bertz CT molecular complexity index is 587. The van der Waals surface area contributed by atoms with E-state index in [1.54, 1.807) is 0 Å². The van der Waals surface area contributed by atoms with Crippen LogP contribution in [0, 0.1) is 11.3 Å². The van der Waals surface area contributed by atoms with Gasteiger partial charge in [0.2, 0.25) is 0 Å². The van der Waals surface area contributed by atoms with Crippen LogP contribution in [0.2, 0.25) is 0 Å². The zero-order valence-electron chi connectivity index (χ0n) is 9.71. The zero-order chi connectivity index (χ0) is 12.3. The maximum Gasteiger partial charge on any atom is 0.177 e. The maximum absolute atomic E-state index is 8.95. The van der Waals surface area contributed by atoms with Crippen molar-refractivity contribution >= 4 is 11.8 Å². The van der Waals surface area contributed by atoms with Crippen LogP contribution in [0.1, 0.15) is 5.56 Å². The van der Waals surface area contributed by atoms with E-state index in [4.69, 9.17) is 5.26 Å². The van der Waals surface area contributed by atoms with E-state index in [1.807, 2.05) is 54.5 Å². The van der Waals surface area contributed by atoms with Crippen molar-refractivity contribution in [3.05, 3.63) is 42.2 Å². The zero-order valence-corrected chi connectivity index (χ0v) is 10.5. The van der Waals surface area contributed by atoms with Gasteiger partial charge in [-0.1, -0.05) is 0 Å². The van der Waals surface area contributed by atoms with Crippen molar-refractivity contribution in [2.24, 2.45) is 7.05 Å². The van der Waals surface area contributed by atoms with Crippen LogP contribution in [0.15, 0.2) is 41.7 Å². The Hall–Kier alpha value is -1.86. The van der Waals surface area contributed by atoms with Crippen molar-refractivity contribution in [1.29, 1.82) is 5.26 Å². The molecule has 2 aromatic rings. The molecule has 0 amide bonds. The van der Waals surface area contributed by atoms with Gasteiger partial charge in [0.05, 0.1) is 16.8 Å². The fourth-order valence-corrected chi connectivity index (χ4v) is 2.10. The number of rotatable bonds is 2. The van der Waals surface area contributed by atoms with Gasteiger partial charge >= 0.3 is 0 Å². The molecule has 84 valence electrons. The first kappa shape index (κ1) is 11.6. The van der Waals surface area contributed by atoms with E-state index in [1.165, 1.54) is 11.8 Å². The summed E-state index contributed by atoms with van der Waals surface area (Å²) in [6.07, 6.45) is 5.92. The van der Waals surface area contributed by atoms with Crippen molar-refractivity contribution in [2.75, 3.05) is 6.26 Å². The van der Waals surface area contributed by atoms with Gasteiger partial charge in [0.1, 0.15) is 18.1 Å². The normalized spacial score (nSPS) is 9.94. The molecule has 3 nitrogen and oxygen atoms in total. The maximum atomic E-state index is 8.95. The molecule has 0 saturated carbocycles. The summed E-state index contributed by atoms with van der Waals surface area (Å²) >= 11 is 1.49. The largest absolute Gasteiger partial charge is 0.240 e. The average molecular weight is 242 g/mol. The van der Waals surface area contributed by atoms with Crippen LogP contribution < -0.4 is 4.57 Å². The summed E-state index contributed by atoms with van der Waals surface area (Å²) < 4.78 is 1.98. The molecule has 2 heterocycles. The Balaban J connectivity index is 2.51. The topological polar surface area (TPSA) is 40.6 Å². The summed E-state index contributed by atoms with van der Waals surface area (Å²) in [4.78, 5) is 4.50. The smallest absolute Gasteiger partial charge is 0.177 e. The number of nitriles is 1. The summed E-state index contributed by atoms with van der Waals surface area (Å²) in [7, 11) is 1.97. The van der Waals surface area contributed by atoms with E-state index in [-0.39, 0.29) is 0 Å². The molecule has 0 radical (unpaired) electrons. The standard InChI is InChI=1S/C13H12N3S/c1-16-7-3-4-11(9-16)12-6-5-10(8-14)13(15-12)17-2/h3-7,9H,1-2H3/q+1. The molecular weight excluding hydrogens is 230 g/mol. The number of hydrogen-bond donors (Lipinski definition) is 0. The minimum Gasteiger partial charge on any atom is -0.240 e. The molecule has 17 heavy (non-hydrogen) atoms.